The summed E-state index contributed by atoms with van der Waals surface area (Å²) in [5.74, 6) is 0.909. The topological polar surface area (TPSA) is 37.8 Å². The second-order valence-corrected chi connectivity index (χ2v) is 8.04. The van der Waals surface area contributed by atoms with Crippen LogP contribution >= 0.6 is 23.1 Å². The summed E-state index contributed by atoms with van der Waals surface area (Å²) in [7, 11) is 0. The van der Waals surface area contributed by atoms with Gasteiger partial charge in [0, 0.05) is 11.3 Å². The second-order valence-electron chi connectivity index (χ2n) is 5.38. The lowest BCUT2D eigenvalue weighted by Gasteiger charge is -2.35. The first kappa shape index (κ1) is 15.3. The monoisotopic (exact) mass is 299 g/mol. The third-order valence-corrected chi connectivity index (χ3v) is 6.10. The third-order valence-electron chi connectivity index (χ3n) is 3.82. The van der Waals surface area contributed by atoms with Crippen LogP contribution in [0.1, 0.15) is 51.0 Å². The molecule has 1 aliphatic carbocycles. The van der Waals surface area contributed by atoms with E-state index >= 15 is 0 Å². The number of aromatic nitrogens is 2. The van der Waals surface area contributed by atoms with Gasteiger partial charge >= 0.3 is 0 Å². The quantitative estimate of drug-likeness (QED) is 0.865. The molecule has 19 heavy (non-hydrogen) atoms. The number of aryl methyl sites for hydroxylation is 1. The molecule has 1 N–H and O–H groups in total. The summed E-state index contributed by atoms with van der Waals surface area (Å²) in [5.41, 5.74) is 0. The third kappa shape index (κ3) is 4.43. The Morgan fingerprint density at radius 1 is 1.32 bits per heavy atom. The van der Waals surface area contributed by atoms with Crippen molar-refractivity contribution in [2.75, 3.05) is 6.54 Å². The molecule has 1 aromatic heterocycles. The van der Waals surface area contributed by atoms with E-state index in [-0.39, 0.29) is 0 Å². The summed E-state index contributed by atoms with van der Waals surface area (Å²) in [6, 6.07) is 0.646. The van der Waals surface area contributed by atoms with Crippen LogP contribution < -0.4 is 5.32 Å². The van der Waals surface area contributed by atoms with Crippen LogP contribution in [0.4, 0.5) is 0 Å². The smallest absolute Gasteiger partial charge is 0.174 e. The van der Waals surface area contributed by atoms with E-state index in [0.29, 0.717) is 11.3 Å². The fraction of sp³-hybridized carbons (Fsp3) is 0.857. The molecule has 0 radical (unpaired) electrons. The van der Waals surface area contributed by atoms with Crippen LogP contribution in [0, 0.1) is 12.8 Å². The van der Waals surface area contributed by atoms with Crippen LogP contribution in [0.5, 0.6) is 0 Å². The van der Waals surface area contributed by atoms with Gasteiger partial charge in [0.05, 0.1) is 0 Å². The molecule has 0 bridgehead atoms. The summed E-state index contributed by atoms with van der Waals surface area (Å²) in [6.45, 7) is 7.60. The number of hydrogen-bond donors (Lipinski definition) is 1. The molecule has 0 saturated heterocycles. The first-order chi connectivity index (χ1) is 9.22. The van der Waals surface area contributed by atoms with E-state index in [4.69, 9.17) is 0 Å². The highest BCUT2D eigenvalue weighted by atomic mass is 32.2. The molecule has 1 fully saturated rings. The van der Waals surface area contributed by atoms with Crippen LogP contribution in [-0.4, -0.2) is 28.0 Å². The number of nitrogens with one attached hydrogen (secondary N) is 1. The molecular formula is C14H25N3S2. The molecule has 1 aliphatic rings. The maximum Gasteiger partial charge on any atom is 0.174 e. The number of nitrogens with zero attached hydrogens (tertiary/aromatic N) is 2. The lowest BCUT2D eigenvalue weighted by atomic mass is 9.83. The fourth-order valence-electron chi connectivity index (χ4n) is 2.96. The highest BCUT2D eigenvalue weighted by molar-refractivity contribution is 8.01. The zero-order valence-electron chi connectivity index (χ0n) is 12.2. The Kier molecular flexibility index (Phi) is 6.10. The SMILES string of the molecule is CCCC1CCC(NCC)C(Sc2nnc(C)s2)C1. The summed E-state index contributed by atoms with van der Waals surface area (Å²) < 4.78 is 1.14. The zero-order chi connectivity index (χ0) is 13.7. The van der Waals surface area contributed by atoms with Gasteiger partial charge < -0.3 is 5.32 Å². The summed E-state index contributed by atoms with van der Waals surface area (Å²) in [5, 5.41) is 13.8. The highest BCUT2D eigenvalue weighted by Gasteiger charge is 2.31. The Bertz CT molecular complexity index is 381. The van der Waals surface area contributed by atoms with Crippen LogP contribution in [0.15, 0.2) is 4.34 Å². The Labute approximate surface area is 125 Å². The van der Waals surface area contributed by atoms with Gasteiger partial charge in [0.2, 0.25) is 0 Å². The van der Waals surface area contributed by atoms with Crippen molar-refractivity contribution in [2.24, 2.45) is 5.92 Å². The van der Waals surface area contributed by atoms with Gasteiger partial charge in [0.1, 0.15) is 5.01 Å². The lowest BCUT2D eigenvalue weighted by molar-refractivity contribution is 0.289. The minimum absolute atomic E-state index is 0.646. The van der Waals surface area contributed by atoms with Crippen molar-refractivity contribution in [3.63, 3.8) is 0 Å². The normalized spacial score (nSPS) is 27.6. The summed E-state index contributed by atoms with van der Waals surface area (Å²) in [4.78, 5) is 0. The first-order valence-corrected chi connectivity index (χ1v) is 9.12. The van der Waals surface area contributed by atoms with Crippen LogP contribution in [0.25, 0.3) is 0 Å². The van der Waals surface area contributed by atoms with Crippen LogP contribution in [-0.2, 0) is 0 Å². The van der Waals surface area contributed by atoms with E-state index in [1.165, 1.54) is 32.1 Å². The van der Waals surface area contributed by atoms with Crippen molar-refractivity contribution >= 4 is 23.1 Å². The van der Waals surface area contributed by atoms with Gasteiger partial charge in [-0.1, -0.05) is 49.8 Å². The molecule has 1 saturated carbocycles. The predicted molar refractivity (Wildman–Crippen MR) is 84.0 cm³/mol. The molecule has 2 rings (SSSR count). The van der Waals surface area contributed by atoms with Gasteiger partial charge in [-0.15, -0.1) is 10.2 Å². The van der Waals surface area contributed by atoms with Gasteiger partial charge in [-0.2, -0.15) is 0 Å². The van der Waals surface area contributed by atoms with Crippen molar-refractivity contribution in [2.45, 2.75) is 68.5 Å². The van der Waals surface area contributed by atoms with E-state index in [2.05, 4.69) is 29.4 Å². The van der Waals surface area contributed by atoms with E-state index in [1.54, 1.807) is 11.3 Å². The summed E-state index contributed by atoms with van der Waals surface area (Å²) in [6.07, 6.45) is 6.72. The van der Waals surface area contributed by atoms with Crippen LogP contribution in [0.2, 0.25) is 0 Å². The zero-order valence-corrected chi connectivity index (χ0v) is 13.8. The number of hydrogen-bond acceptors (Lipinski definition) is 5. The molecule has 1 aromatic rings. The minimum Gasteiger partial charge on any atom is -0.313 e. The van der Waals surface area contributed by atoms with Gasteiger partial charge in [-0.3, -0.25) is 0 Å². The van der Waals surface area contributed by atoms with Crippen molar-refractivity contribution in [3.05, 3.63) is 5.01 Å². The fourth-order valence-corrected chi connectivity index (χ4v) is 5.42. The Balaban J connectivity index is 1.98. The number of thioether (sulfide) groups is 1. The van der Waals surface area contributed by atoms with Crippen molar-refractivity contribution in [1.29, 1.82) is 0 Å². The van der Waals surface area contributed by atoms with Gasteiger partial charge in [0.25, 0.3) is 0 Å². The predicted octanol–water partition coefficient (Wildman–Crippen LogP) is 3.89. The molecule has 3 nitrogen and oxygen atoms in total. The highest BCUT2D eigenvalue weighted by Crippen LogP contribution is 2.38. The average molecular weight is 300 g/mol. The lowest BCUT2D eigenvalue weighted by Crippen LogP contribution is -2.42. The molecular weight excluding hydrogens is 274 g/mol. The van der Waals surface area contributed by atoms with E-state index in [9.17, 15) is 0 Å². The van der Waals surface area contributed by atoms with E-state index in [0.717, 1.165) is 21.8 Å². The number of rotatable bonds is 6. The Morgan fingerprint density at radius 3 is 2.79 bits per heavy atom. The molecule has 3 atom stereocenters. The maximum atomic E-state index is 4.28. The van der Waals surface area contributed by atoms with Crippen molar-refractivity contribution in [1.82, 2.24) is 15.5 Å². The first-order valence-electron chi connectivity index (χ1n) is 7.43. The molecule has 0 aliphatic heterocycles. The van der Waals surface area contributed by atoms with E-state index < -0.39 is 0 Å². The molecule has 108 valence electrons. The standard InChI is InChI=1S/C14H25N3S2/c1-4-6-11-7-8-12(15-5-2)13(9-11)19-14-17-16-10(3)18-14/h11-13,15H,4-9H2,1-3H3. The van der Waals surface area contributed by atoms with Gasteiger partial charge in [0.15, 0.2) is 4.34 Å². The minimum atomic E-state index is 0.646. The van der Waals surface area contributed by atoms with Crippen LogP contribution in [0.3, 0.4) is 0 Å². The second kappa shape index (κ2) is 7.60. The molecule has 0 spiro atoms. The Morgan fingerprint density at radius 2 is 2.16 bits per heavy atom. The average Bonchev–Trinajstić information content (AvgIpc) is 2.79. The van der Waals surface area contributed by atoms with Crippen molar-refractivity contribution in [3.8, 4) is 0 Å². The van der Waals surface area contributed by atoms with E-state index in [1.807, 2.05) is 18.7 Å². The largest absolute Gasteiger partial charge is 0.313 e. The van der Waals surface area contributed by atoms with Crippen molar-refractivity contribution < 1.29 is 0 Å². The molecule has 5 heteroatoms. The molecule has 1 heterocycles. The Hall–Kier alpha value is -0.130. The molecule has 0 aromatic carbocycles. The van der Waals surface area contributed by atoms with Gasteiger partial charge in [-0.05, 0) is 38.6 Å². The summed E-state index contributed by atoms with van der Waals surface area (Å²) >= 11 is 3.67. The maximum absolute atomic E-state index is 4.28. The molecule has 3 unspecified atom stereocenters. The van der Waals surface area contributed by atoms with Gasteiger partial charge in [-0.25, -0.2) is 0 Å². The molecule has 0 amide bonds.